The number of nitrogens with zero attached hydrogens (tertiary/aromatic N) is 4. The van der Waals surface area contributed by atoms with Gasteiger partial charge in [-0.15, -0.1) is 0 Å². The van der Waals surface area contributed by atoms with Crippen molar-refractivity contribution in [3.63, 3.8) is 0 Å². The Morgan fingerprint density at radius 3 is 2.48 bits per heavy atom. The summed E-state index contributed by atoms with van der Waals surface area (Å²) in [6.07, 6.45) is 3.42. The number of anilines is 1. The van der Waals surface area contributed by atoms with E-state index >= 15 is 0 Å². The molecule has 3 aromatic rings. The van der Waals surface area contributed by atoms with Crippen LogP contribution < -0.4 is 5.73 Å². The van der Waals surface area contributed by atoms with Gasteiger partial charge >= 0.3 is 0 Å². The highest BCUT2D eigenvalue weighted by atomic mass is 14.9. The van der Waals surface area contributed by atoms with Gasteiger partial charge in [0.2, 0.25) is 0 Å². The van der Waals surface area contributed by atoms with E-state index in [1.54, 1.807) is 18.5 Å². The van der Waals surface area contributed by atoms with Crippen molar-refractivity contribution in [1.29, 1.82) is 0 Å². The minimum Gasteiger partial charge on any atom is -0.384 e. The van der Waals surface area contributed by atoms with E-state index in [9.17, 15) is 0 Å². The first-order valence-electron chi connectivity index (χ1n) is 6.63. The first-order chi connectivity index (χ1) is 10.1. The zero-order valence-corrected chi connectivity index (χ0v) is 11.9. The summed E-state index contributed by atoms with van der Waals surface area (Å²) in [6.45, 7) is 3.96. The Labute approximate surface area is 122 Å². The van der Waals surface area contributed by atoms with Gasteiger partial charge in [0.25, 0.3) is 0 Å². The minimum absolute atomic E-state index is 0.480. The van der Waals surface area contributed by atoms with E-state index in [-0.39, 0.29) is 0 Å². The summed E-state index contributed by atoms with van der Waals surface area (Å²) in [5.41, 5.74) is 10.2. The Hall–Kier alpha value is -2.82. The molecule has 104 valence electrons. The molecule has 3 rings (SSSR count). The first-order valence-corrected chi connectivity index (χ1v) is 6.63. The summed E-state index contributed by atoms with van der Waals surface area (Å²) in [5, 5.41) is 0. The van der Waals surface area contributed by atoms with Crippen molar-refractivity contribution in [2.75, 3.05) is 5.73 Å². The molecule has 21 heavy (non-hydrogen) atoms. The molecule has 0 bridgehead atoms. The van der Waals surface area contributed by atoms with Crippen molar-refractivity contribution < 1.29 is 0 Å². The van der Waals surface area contributed by atoms with Crippen LogP contribution in [0, 0.1) is 13.8 Å². The Kier molecular flexibility index (Phi) is 3.31. The van der Waals surface area contributed by atoms with E-state index in [1.165, 1.54) is 0 Å². The van der Waals surface area contributed by atoms with Gasteiger partial charge in [0, 0.05) is 34.9 Å². The van der Waals surface area contributed by atoms with E-state index in [4.69, 9.17) is 5.73 Å². The predicted octanol–water partition coefficient (Wildman–Crippen LogP) is 2.80. The summed E-state index contributed by atoms with van der Waals surface area (Å²) >= 11 is 0. The number of hydrogen-bond acceptors (Lipinski definition) is 5. The molecule has 0 amide bonds. The molecule has 0 spiro atoms. The van der Waals surface area contributed by atoms with Crippen molar-refractivity contribution in [3.05, 3.63) is 54.1 Å². The van der Waals surface area contributed by atoms with Crippen molar-refractivity contribution >= 4 is 5.82 Å². The van der Waals surface area contributed by atoms with Gasteiger partial charge in [-0.2, -0.15) is 0 Å². The van der Waals surface area contributed by atoms with Crippen LogP contribution in [0.1, 0.15) is 11.4 Å². The average Bonchev–Trinajstić information content (AvgIpc) is 2.48. The topological polar surface area (TPSA) is 77.6 Å². The van der Waals surface area contributed by atoms with Crippen LogP contribution >= 0.6 is 0 Å². The lowest BCUT2D eigenvalue weighted by atomic mass is 10.1. The van der Waals surface area contributed by atoms with E-state index < -0.39 is 0 Å². The van der Waals surface area contributed by atoms with Gasteiger partial charge in [0.1, 0.15) is 5.82 Å². The van der Waals surface area contributed by atoms with Crippen molar-refractivity contribution in [2.24, 2.45) is 0 Å². The molecule has 5 heteroatoms. The number of nitrogen functional groups attached to an aromatic ring is 1. The number of nitrogens with two attached hydrogens (primary N) is 1. The average molecular weight is 277 g/mol. The van der Waals surface area contributed by atoms with Crippen molar-refractivity contribution in [3.8, 4) is 22.6 Å². The van der Waals surface area contributed by atoms with Crippen LogP contribution in [0.3, 0.4) is 0 Å². The summed E-state index contributed by atoms with van der Waals surface area (Å²) in [6, 6.07) is 9.50. The molecule has 0 aliphatic carbocycles. The maximum atomic E-state index is 5.60. The standard InChI is InChI=1S/C16H15N5/c1-10-3-5-13(11(2)20-10)14-7-8-18-16(21-14)12-4-6-15(17)19-9-12/h3-9H,1-2H3,(H2,17,19). The Balaban J connectivity index is 2.05. The third-order valence-corrected chi connectivity index (χ3v) is 3.20. The van der Waals surface area contributed by atoms with Gasteiger partial charge in [-0.1, -0.05) is 0 Å². The summed E-state index contributed by atoms with van der Waals surface area (Å²) in [4.78, 5) is 17.4. The number of pyridine rings is 2. The quantitative estimate of drug-likeness (QED) is 0.779. The third kappa shape index (κ3) is 2.72. The highest BCUT2D eigenvalue weighted by Crippen LogP contribution is 2.23. The minimum atomic E-state index is 0.480. The number of aryl methyl sites for hydroxylation is 2. The number of hydrogen-bond donors (Lipinski definition) is 1. The lowest BCUT2D eigenvalue weighted by Gasteiger charge is -2.07. The van der Waals surface area contributed by atoms with Crippen molar-refractivity contribution in [2.45, 2.75) is 13.8 Å². The Morgan fingerprint density at radius 1 is 0.905 bits per heavy atom. The van der Waals surface area contributed by atoms with Gasteiger partial charge in [0.15, 0.2) is 5.82 Å². The smallest absolute Gasteiger partial charge is 0.161 e. The molecular weight excluding hydrogens is 262 g/mol. The molecule has 0 aliphatic rings. The number of rotatable bonds is 2. The van der Waals surface area contributed by atoms with E-state index in [0.717, 1.165) is 28.2 Å². The first kappa shape index (κ1) is 13.2. The Bertz CT molecular complexity index is 781. The van der Waals surface area contributed by atoms with Crippen LogP contribution in [-0.4, -0.2) is 19.9 Å². The van der Waals surface area contributed by atoms with Crippen LogP contribution in [0.5, 0.6) is 0 Å². The van der Waals surface area contributed by atoms with E-state index in [1.807, 2.05) is 38.1 Å². The molecule has 0 aromatic carbocycles. The normalized spacial score (nSPS) is 10.6. The van der Waals surface area contributed by atoms with Gasteiger partial charge in [-0.25, -0.2) is 15.0 Å². The largest absolute Gasteiger partial charge is 0.384 e. The van der Waals surface area contributed by atoms with E-state index in [0.29, 0.717) is 11.6 Å². The summed E-state index contributed by atoms with van der Waals surface area (Å²) < 4.78 is 0. The fraction of sp³-hybridized carbons (Fsp3) is 0.125. The van der Waals surface area contributed by atoms with Gasteiger partial charge in [-0.3, -0.25) is 4.98 Å². The second-order valence-electron chi connectivity index (χ2n) is 4.82. The monoisotopic (exact) mass is 277 g/mol. The molecule has 0 saturated heterocycles. The third-order valence-electron chi connectivity index (χ3n) is 3.20. The fourth-order valence-electron chi connectivity index (χ4n) is 2.14. The summed E-state index contributed by atoms with van der Waals surface area (Å²) in [5.74, 6) is 1.11. The zero-order chi connectivity index (χ0) is 14.8. The van der Waals surface area contributed by atoms with Gasteiger partial charge in [-0.05, 0) is 44.2 Å². The molecule has 0 fully saturated rings. The second kappa shape index (κ2) is 5.28. The van der Waals surface area contributed by atoms with E-state index in [2.05, 4.69) is 19.9 Å². The molecule has 3 heterocycles. The molecule has 0 atom stereocenters. The SMILES string of the molecule is Cc1ccc(-c2ccnc(-c3ccc(N)nc3)n2)c(C)n1. The maximum absolute atomic E-state index is 5.60. The molecule has 0 unspecified atom stereocenters. The maximum Gasteiger partial charge on any atom is 0.161 e. The molecule has 0 radical (unpaired) electrons. The van der Waals surface area contributed by atoms with Crippen LogP contribution in [0.25, 0.3) is 22.6 Å². The van der Waals surface area contributed by atoms with Crippen LogP contribution in [-0.2, 0) is 0 Å². The molecule has 0 aliphatic heterocycles. The lowest BCUT2D eigenvalue weighted by Crippen LogP contribution is -1.96. The molecular formula is C16H15N5. The molecule has 0 saturated carbocycles. The van der Waals surface area contributed by atoms with Crippen LogP contribution in [0.2, 0.25) is 0 Å². The number of aromatic nitrogens is 4. The molecule has 5 nitrogen and oxygen atoms in total. The molecule has 3 aromatic heterocycles. The fourth-order valence-corrected chi connectivity index (χ4v) is 2.14. The lowest BCUT2D eigenvalue weighted by molar-refractivity contribution is 1.11. The van der Waals surface area contributed by atoms with Gasteiger partial charge < -0.3 is 5.73 Å². The highest BCUT2D eigenvalue weighted by molar-refractivity contribution is 5.65. The van der Waals surface area contributed by atoms with Crippen LogP contribution in [0.15, 0.2) is 42.7 Å². The zero-order valence-electron chi connectivity index (χ0n) is 11.9. The highest BCUT2D eigenvalue weighted by Gasteiger charge is 2.08. The van der Waals surface area contributed by atoms with Gasteiger partial charge in [0.05, 0.1) is 5.69 Å². The van der Waals surface area contributed by atoms with Crippen molar-refractivity contribution in [1.82, 2.24) is 19.9 Å². The second-order valence-corrected chi connectivity index (χ2v) is 4.82. The Morgan fingerprint density at radius 2 is 1.76 bits per heavy atom. The summed E-state index contributed by atoms with van der Waals surface area (Å²) in [7, 11) is 0. The predicted molar refractivity (Wildman–Crippen MR) is 82.4 cm³/mol. The van der Waals surface area contributed by atoms with Crippen LogP contribution in [0.4, 0.5) is 5.82 Å². The molecule has 2 N–H and O–H groups in total.